The molecule has 0 fully saturated rings. The molecule has 4 rings (SSSR count). The van der Waals surface area contributed by atoms with E-state index in [4.69, 9.17) is 4.74 Å². The second-order valence-electron chi connectivity index (χ2n) is 8.30. The predicted octanol–water partition coefficient (Wildman–Crippen LogP) is 5.88. The lowest BCUT2D eigenvalue weighted by Gasteiger charge is -2.21. The van der Waals surface area contributed by atoms with Crippen LogP contribution in [-0.4, -0.2) is 18.5 Å². The highest BCUT2D eigenvalue weighted by Gasteiger charge is 2.31. The Morgan fingerprint density at radius 3 is 2.69 bits per heavy atom. The van der Waals surface area contributed by atoms with Crippen molar-refractivity contribution in [3.8, 4) is 0 Å². The lowest BCUT2D eigenvalue weighted by Crippen LogP contribution is -2.18. The number of hydrogen-bond acceptors (Lipinski definition) is 5. The number of nitrogens with one attached hydrogen (secondary N) is 1. The number of esters is 1. The molecule has 0 spiro atoms. The summed E-state index contributed by atoms with van der Waals surface area (Å²) in [6, 6.07) is 0. The highest BCUT2D eigenvalue weighted by molar-refractivity contribution is 7.17. The van der Waals surface area contributed by atoms with E-state index in [1.165, 1.54) is 15.3 Å². The second kappa shape index (κ2) is 8.60. The van der Waals surface area contributed by atoms with Crippen LogP contribution in [0.15, 0.2) is 5.38 Å². The Bertz CT molecular complexity index is 927. The monoisotopic (exact) mass is 431 g/mol. The van der Waals surface area contributed by atoms with Crippen LogP contribution in [0.1, 0.15) is 81.6 Å². The van der Waals surface area contributed by atoms with E-state index in [0.717, 1.165) is 56.1 Å². The van der Waals surface area contributed by atoms with Gasteiger partial charge in [0, 0.05) is 15.1 Å². The molecule has 2 aromatic heterocycles. The van der Waals surface area contributed by atoms with Crippen LogP contribution in [0.4, 0.5) is 5.00 Å². The second-order valence-corrected chi connectivity index (χ2v) is 10.4. The molecule has 0 unspecified atom stereocenters. The van der Waals surface area contributed by atoms with Gasteiger partial charge >= 0.3 is 5.97 Å². The molecule has 6 heteroatoms. The molecule has 2 atom stereocenters. The smallest absolute Gasteiger partial charge is 0.341 e. The number of thiophene rings is 2. The van der Waals surface area contributed by atoms with Crippen LogP contribution < -0.4 is 5.32 Å². The Hall–Kier alpha value is -1.66. The van der Waals surface area contributed by atoms with Gasteiger partial charge in [-0.25, -0.2) is 4.79 Å². The van der Waals surface area contributed by atoms with Gasteiger partial charge in [-0.05, 0) is 68.4 Å². The summed E-state index contributed by atoms with van der Waals surface area (Å²) in [7, 11) is 0. The van der Waals surface area contributed by atoms with E-state index in [-0.39, 0.29) is 11.9 Å². The SMILES string of the molecule is CCOC(=O)c1c(NC(=O)c2csc3c2CC[C@@H](C)C3)sc2c1CC[C@H](CC)C2. The van der Waals surface area contributed by atoms with E-state index in [2.05, 4.69) is 19.2 Å². The molecule has 2 aliphatic rings. The van der Waals surface area contributed by atoms with Gasteiger partial charge in [0.15, 0.2) is 0 Å². The van der Waals surface area contributed by atoms with Gasteiger partial charge in [0.1, 0.15) is 5.00 Å². The third-order valence-electron chi connectivity index (χ3n) is 6.30. The minimum Gasteiger partial charge on any atom is -0.462 e. The standard InChI is InChI=1S/C23H29NO3S2/c1-4-14-7-9-16-19(11-14)29-22(20(16)23(26)27-5-2)24-21(25)17-12-28-18-10-13(3)6-8-15(17)18/h12-14H,4-11H2,1-3H3,(H,24,25)/t13-,14+/m1/s1. The first-order chi connectivity index (χ1) is 14.0. The van der Waals surface area contributed by atoms with Gasteiger partial charge in [-0.2, -0.15) is 0 Å². The zero-order valence-corrected chi connectivity index (χ0v) is 19.1. The summed E-state index contributed by atoms with van der Waals surface area (Å²) in [4.78, 5) is 28.4. The molecule has 4 nitrogen and oxygen atoms in total. The van der Waals surface area contributed by atoms with Crippen LogP contribution in [0, 0.1) is 11.8 Å². The molecule has 2 aromatic rings. The molecule has 0 saturated carbocycles. The maximum atomic E-state index is 13.1. The maximum Gasteiger partial charge on any atom is 0.341 e. The van der Waals surface area contributed by atoms with Crippen LogP contribution in [0.3, 0.4) is 0 Å². The molecular weight excluding hydrogens is 402 g/mol. The Labute approximate surface area is 180 Å². The van der Waals surface area contributed by atoms with E-state index in [1.807, 2.05) is 12.3 Å². The van der Waals surface area contributed by atoms with E-state index in [0.29, 0.717) is 29.0 Å². The van der Waals surface area contributed by atoms with Crippen LogP contribution in [0.2, 0.25) is 0 Å². The van der Waals surface area contributed by atoms with Gasteiger partial charge in [0.05, 0.1) is 17.7 Å². The molecule has 156 valence electrons. The number of amides is 1. The average molecular weight is 432 g/mol. The minimum atomic E-state index is -0.309. The third-order valence-corrected chi connectivity index (χ3v) is 8.52. The lowest BCUT2D eigenvalue weighted by molar-refractivity contribution is 0.0526. The van der Waals surface area contributed by atoms with Crippen molar-refractivity contribution < 1.29 is 14.3 Å². The Kier molecular flexibility index (Phi) is 6.11. The summed E-state index contributed by atoms with van der Waals surface area (Å²) in [5.74, 6) is 0.943. The van der Waals surface area contributed by atoms with Crippen molar-refractivity contribution in [2.24, 2.45) is 11.8 Å². The summed E-state index contributed by atoms with van der Waals surface area (Å²) in [5, 5.41) is 5.74. The highest BCUT2D eigenvalue weighted by atomic mass is 32.1. The van der Waals surface area contributed by atoms with Crippen LogP contribution in [0.25, 0.3) is 0 Å². The van der Waals surface area contributed by atoms with Crippen LogP contribution >= 0.6 is 22.7 Å². The minimum absolute atomic E-state index is 0.0896. The molecule has 0 aromatic carbocycles. The number of ether oxygens (including phenoxy) is 1. The molecule has 0 radical (unpaired) electrons. The van der Waals surface area contributed by atoms with Crippen molar-refractivity contribution in [1.82, 2.24) is 0 Å². The number of rotatable bonds is 5. The molecule has 0 bridgehead atoms. The fourth-order valence-corrected chi connectivity index (χ4v) is 7.14. The van der Waals surface area contributed by atoms with Gasteiger partial charge in [-0.1, -0.05) is 20.3 Å². The molecule has 29 heavy (non-hydrogen) atoms. The molecule has 2 aliphatic carbocycles. The zero-order valence-electron chi connectivity index (χ0n) is 17.4. The Morgan fingerprint density at radius 2 is 1.93 bits per heavy atom. The summed E-state index contributed by atoms with van der Waals surface area (Å²) in [5.41, 5.74) is 3.67. The molecule has 1 amide bonds. The van der Waals surface area contributed by atoms with Gasteiger partial charge in [-0.3, -0.25) is 4.79 Å². The van der Waals surface area contributed by atoms with Crippen molar-refractivity contribution in [2.75, 3.05) is 11.9 Å². The molecular formula is C23H29NO3S2. The summed E-state index contributed by atoms with van der Waals surface area (Å²) >= 11 is 3.26. The fourth-order valence-electron chi connectivity index (χ4n) is 4.55. The number of hydrogen-bond donors (Lipinski definition) is 1. The summed E-state index contributed by atoms with van der Waals surface area (Å²) in [6.45, 7) is 6.65. The first-order valence-corrected chi connectivity index (χ1v) is 12.4. The Morgan fingerprint density at radius 1 is 1.14 bits per heavy atom. The van der Waals surface area contributed by atoms with Crippen molar-refractivity contribution in [2.45, 2.75) is 65.7 Å². The predicted molar refractivity (Wildman–Crippen MR) is 120 cm³/mol. The lowest BCUT2D eigenvalue weighted by atomic mass is 9.85. The van der Waals surface area contributed by atoms with E-state index < -0.39 is 0 Å². The molecule has 1 N–H and O–H groups in total. The number of carbonyl (C=O) groups is 2. The largest absolute Gasteiger partial charge is 0.462 e. The molecule has 0 aliphatic heterocycles. The molecule has 2 heterocycles. The van der Waals surface area contributed by atoms with Crippen molar-refractivity contribution in [3.05, 3.63) is 37.4 Å². The zero-order chi connectivity index (χ0) is 20.5. The van der Waals surface area contributed by atoms with E-state index in [1.54, 1.807) is 22.7 Å². The van der Waals surface area contributed by atoms with Crippen LogP contribution in [-0.2, 0) is 30.4 Å². The number of fused-ring (bicyclic) bond motifs is 2. The Balaban J connectivity index is 1.64. The average Bonchev–Trinajstić information content (AvgIpc) is 3.27. The fraction of sp³-hybridized carbons (Fsp3) is 0.565. The summed E-state index contributed by atoms with van der Waals surface area (Å²) < 4.78 is 5.34. The van der Waals surface area contributed by atoms with E-state index >= 15 is 0 Å². The number of anilines is 1. The topological polar surface area (TPSA) is 55.4 Å². The first kappa shape index (κ1) is 20.6. The summed E-state index contributed by atoms with van der Waals surface area (Å²) in [6.07, 6.45) is 7.28. The van der Waals surface area contributed by atoms with Gasteiger partial charge in [0.25, 0.3) is 5.91 Å². The first-order valence-electron chi connectivity index (χ1n) is 10.7. The van der Waals surface area contributed by atoms with Crippen LogP contribution in [0.5, 0.6) is 0 Å². The maximum absolute atomic E-state index is 13.1. The highest BCUT2D eigenvalue weighted by Crippen LogP contribution is 2.41. The van der Waals surface area contributed by atoms with Crippen molar-refractivity contribution in [1.29, 1.82) is 0 Å². The molecule has 0 saturated heterocycles. The van der Waals surface area contributed by atoms with Crippen molar-refractivity contribution in [3.63, 3.8) is 0 Å². The van der Waals surface area contributed by atoms with Gasteiger partial charge in [-0.15, -0.1) is 22.7 Å². The third kappa shape index (κ3) is 4.02. The quantitative estimate of drug-likeness (QED) is 0.602. The number of carbonyl (C=O) groups excluding carboxylic acids is 2. The van der Waals surface area contributed by atoms with E-state index in [9.17, 15) is 9.59 Å². The van der Waals surface area contributed by atoms with Gasteiger partial charge in [0.2, 0.25) is 0 Å². The normalized spacial score (nSPS) is 20.7. The van der Waals surface area contributed by atoms with Crippen molar-refractivity contribution >= 4 is 39.6 Å². The van der Waals surface area contributed by atoms with Gasteiger partial charge < -0.3 is 10.1 Å².